The van der Waals surface area contributed by atoms with Gasteiger partial charge in [0.15, 0.2) is 5.82 Å². The van der Waals surface area contributed by atoms with E-state index in [1.807, 2.05) is 0 Å². The van der Waals surface area contributed by atoms with Gasteiger partial charge in [0.05, 0.1) is 27.2 Å². The second kappa shape index (κ2) is 9.14. The third kappa shape index (κ3) is 4.43. The molecular weight excluding hydrogens is 509 g/mol. The molecule has 37 heavy (non-hydrogen) atoms. The van der Waals surface area contributed by atoms with Crippen LogP contribution < -0.4 is 0 Å². The summed E-state index contributed by atoms with van der Waals surface area (Å²) >= 11 is 6.09. The summed E-state index contributed by atoms with van der Waals surface area (Å²) in [5.41, 5.74) is -0.469. The van der Waals surface area contributed by atoms with Crippen molar-refractivity contribution in [1.29, 1.82) is 0 Å². The number of aromatic nitrogens is 4. The molecule has 0 unspecified atom stereocenters. The zero-order chi connectivity index (χ0) is 26.3. The first kappa shape index (κ1) is 24.1. The first-order chi connectivity index (χ1) is 17.6. The summed E-state index contributed by atoms with van der Waals surface area (Å²) in [5, 5.41) is 13.6. The van der Waals surface area contributed by atoms with E-state index >= 15 is 0 Å². The van der Waals surface area contributed by atoms with Crippen LogP contribution in [0.1, 0.15) is 26.3 Å². The Kier molecular flexibility index (Phi) is 5.96. The van der Waals surface area contributed by atoms with Gasteiger partial charge >= 0.3 is 12.1 Å². The van der Waals surface area contributed by atoms with Gasteiger partial charge in [-0.3, -0.25) is 4.79 Å². The van der Waals surface area contributed by atoms with Crippen LogP contribution >= 0.6 is 11.6 Å². The Hall–Kier alpha value is -4.57. The number of alkyl halides is 3. The van der Waals surface area contributed by atoms with Gasteiger partial charge in [0, 0.05) is 28.9 Å². The molecule has 0 atom stereocenters. The topological polar surface area (TPSA) is 98.0 Å². The van der Waals surface area contributed by atoms with Crippen LogP contribution in [-0.4, -0.2) is 36.7 Å². The molecule has 0 aliphatic heterocycles. The number of rotatable bonds is 4. The molecule has 0 saturated carbocycles. The third-order valence-electron chi connectivity index (χ3n) is 5.64. The minimum Gasteiger partial charge on any atom is -0.478 e. The maximum absolute atomic E-state index is 13.8. The van der Waals surface area contributed by atoms with E-state index in [1.165, 1.54) is 42.7 Å². The predicted octanol–water partition coefficient (Wildman–Crippen LogP) is 6.22. The summed E-state index contributed by atoms with van der Waals surface area (Å²) in [6.07, 6.45) is -1.77. The molecule has 5 aromatic rings. The summed E-state index contributed by atoms with van der Waals surface area (Å²) in [4.78, 5) is 33.2. The second-order valence-electron chi connectivity index (χ2n) is 7.91. The third-order valence-corrected chi connectivity index (χ3v) is 5.95. The van der Waals surface area contributed by atoms with Crippen LogP contribution in [0.2, 0.25) is 5.02 Å². The fraction of sp³-hybridized carbons (Fsp3) is 0.0385. The Morgan fingerprint density at radius 1 is 0.892 bits per heavy atom. The van der Waals surface area contributed by atoms with E-state index in [0.717, 1.165) is 16.8 Å². The van der Waals surface area contributed by atoms with Crippen LogP contribution in [0.4, 0.5) is 13.2 Å². The molecule has 0 aliphatic carbocycles. The molecule has 5 rings (SSSR count). The van der Waals surface area contributed by atoms with E-state index in [2.05, 4.69) is 15.1 Å². The first-order valence-corrected chi connectivity index (χ1v) is 11.1. The van der Waals surface area contributed by atoms with E-state index < -0.39 is 29.2 Å². The van der Waals surface area contributed by atoms with E-state index in [1.54, 1.807) is 24.3 Å². The van der Waals surface area contributed by atoms with Gasteiger partial charge in [-0.1, -0.05) is 35.9 Å². The van der Waals surface area contributed by atoms with Crippen molar-refractivity contribution in [3.05, 3.63) is 101 Å². The SMILES string of the molecule is O=C(O)c1ccc(-c2nn(C(=O)c3c(Cl)cccc3C(F)(F)F)c3cc(-c4ncccn4)ccc23)cc1. The average molecular weight is 523 g/mol. The van der Waals surface area contributed by atoms with Gasteiger partial charge in [0.25, 0.3) is 5.91 Å². The number of benzene rings is 3. The molecule has 2 heterocycles. The van der Waals surface area contributed by atoms with E-state index in [9.17, 15) is 27.9 Å². The summed E-state index contributed by atoms with van der Waals surface area (Å²) in [7, 11) is 0. The maximum Gasteiger partial charge on any atom is 0.417 e. The molecule has 0 spiro atoms. The van der Waals surface area contributed by atoms with Crippen LogP contribution in [0, 0.1) is 0 Å². The second-order valence-corrected chi connectivity index (χ2v) is 8.32. The van der Waals surface area contributed by atoms with Crippen molar-refractivity contribution < 1.29 is 27.9 Å². The minimum atomic E-state index is -4.84. The molecule has 184 valence electrons. The smallest absolute Gasteiger partial charge is 0.417 e. The van der Waals surface area contributed by atoms with Gasteiger partial charge < -0.3 is 5.11 Å². The Morgan fingerprint density at radius 2 is 1.57 bits per heavy atom. The van der Waals surface area contributed by atoms with Crippen LogP contribution in [-0.2, 0) is 6.18 Å². The zero-order valence-electron chi connectivity index (χ0n) is 18.6. The Morgan fingerprint density at radius 3 is 2.22 bits per heavy atom. The lowest BCUT2D eigenvalue weighted by Gasteiger charge is -2.13. The number of nitrogens with zero attached hydrogens (tertiary/aromatic N) is 4. The quantitative estimate of drug-likeness (QED) is 0.301. The monoisotopic (exact) mass is 522 g/mol. The number of hydrogen-bond acceptors (Lipinski definition) is 5. The van der Waals surface area contributed by atoms with Crippen molar-refractivity contribution >= 4 is 34.4 Å². The van der Waals surface area contributed by atoms with E-state index in [-0.39, 0.29) is 21.8 Å². The molecule has 0 saturated heterocycles. The van der Waals surface area contributed by atoms with Crippen LogP contribution in [0.3, 0.4) is 0 Å². The zero-order valence-corrected chi connectivity index (χ0v) is 19.3. The van der Waals surface area contributed by atoms with Gasteiger partial charge in [0.2, 0.25) is 0 Å². The molecule has 0 amide bonds. The summed E-state index contributed by atoms with van der Waals surface area (Å²) in [6.45, 7) is 0. The number of carbonyl (C=O) groups excluding carboxylic acids is 1. The molecule has 3 aromatic carbocycles. The Labute approximate surface area is 211 Å². The average Bonchev–Trinajstić information content (AvgIpc) is 3.27. The van der Waals surface area contributed by atoms with Crippen molar-refractivity contribution in [2.24, 2.45) is 0 Å². The first-order valence-electron chi connectivity index (χ1n) is 10.7. The van der Waals surface area contributed by atoms with Gasteiger partial charge in [-0.05, 0) is 42.5 Å². The van der Waals surface area contributed by atoms with Crippen molar-refractivity contribution in [1.82, 2.24) is 19.7 Å². The lowest BCUT2D eigenvalue weighted by Crippen LogP contribution is -2.20. The number of aromatic carboxylic acids is 1. The highest BCUT2D eigenvalue weighted by molar-refractivity contribution is 6.34. The highest BCUT2D eigenvalue weighted by Crippen LogP contribution is 2.37. The highest BCUT2D eigenvalue weighted by Gasteiger charge is 2.37. The maximum atomic E-state index is 13.8. The minimum absolute atomic E-state index is 0.0398. The van der Waals surface area contributed by atoms with Crippen LogP contribution in [0.25, 0.3) is 33.5 Å². The lowest BCUT2D eigenvalue weighted by atomic mass is 10.0. The fourth-order valence-electron chi connectivity index (χ4n) is 3.92. The molecule has 0 aliphatic rings. The number of carboxylic acid groups (broad SMARTS) is 1. The van der Waals surface area contributed by atoms with Crippen molar-refractivity contribution in [3.63, 3.8) is 0 Å². The fourth-order valence-corrected chi connectivity index (χ4v) is 4.18. The van der Waals surface area contributed by atoms with Gasteiger partial charge in [0.1, 0.15) is 5.69 Å². The molecule has 11 heteroatoms. The standard InChI is InChI=1S/C26H14ClF3N4O3/c27-19-4-1-3-18(26(28,29)30)21(19)24(35)34-20-13-16(23-31-11-2-12-32-23)9-10-17(20)22(33-34)14-5-7-15(8-6-14)25(36)37/h1-13H,(H,36,37). The molecule has 0 fully saturated rings. The number of halogens is 4. The Balaban J connectivity index is 1.76. The Bertz CT molecular complexity index is 1670. The largest absolute Gasteiger partial charge is 0.478 e. The molecular formula is C26H14ClF3N4O3. The van der Waals surface area contributed by atoms with E-state index in [4.69, 9.17) is 11.6 Å². The molecule has 7 nitrogen and oxygen atoms in total. The van der Waals surface area contributed by atoms with Crippen molar-refractivity contribution in [2.45, 2.75) is 6.18 Å². The van der Waals surface area contributed by atoms with Crippen LogP contribution in [0.5, 0.6) is 0 Å². The summed E-state index contributed by atoms with van der Waals surface area (Å²) < 4.78 is 42.2. The van der Waals surface area contributed by atoms with E-state index in [0.29, 0.717) is 22.3 Å². The highest BCUT2D eigenvalue weighted by atomic mass is 35.5. The number of carbonyl (C=O) groups is 2. The number of hydrogen-bond donors (Lipinski definition) is 1. The summed E-state index contributed by atoms with van der Waals surface area (Å²) in [6, 6.07) is 15.4. The van der Waals surface area contributed by atoms with Crippen molar-refractivity contribution in [3.8, 4) is 22.6 Å². The van der Waals surface area contributed by atoms with Crippen molar-refractivity contribution in [2.75, 3.05) is 0 Å². The lowest BCUT2D eigenvalue weighted by molar-refractivity contribution is -0.137. The van der Waals surface area contributed by atoms with Gasteiger partial charge in [-0.15, -0.1) is 0 Å². The molecule has 1 N–H and O–H groups in total. The van der Waals surface area contributed by atoms with Gasteiger partial charge in [-0.25, -0.2) is 14.8 Å². The number of fused-ring (bicyclic) bond motifs is 1. The number of carboxylic acids is 1. The molecule has 2 aromatic heterocycles. The molecule has 0 bridgehead atoms. The van der Waals surface area contributed by atoms with Crippen LogP contribution in [0.15, 0.2) is 79.1 Å². The normalized spacial score (nSPS) is 11.6. The summed E-state index contributed by atoms with van der Waals surface area (Å²) in [5.74, 6) is -1.86. The predicted molar refractivity (Wildman–Crippen MR) is 129 cm³/mol. The van der Waals surface area contributed by atoms with Gasteiger partial charge in [-0.2, -0.15) is 23.0 Å². The molecule has 0 radical (unpaired) electrons.